The van der Waals surface area contributed by atoms with E-state index in [1.807, 2.05) is 0 Å². The van der Waals surface area contributed by atoms with Crippen molar-refractivity contribution in [1.82, 2.24) is 19.9 Å². The van der Waals surface area contributed by atoms with E-state index in [-0.39, 0.29) is 18.1 Å². The molecular weight excluding hydrogens is 354 g/mol. The van der Waals surface area contributed by atoms with Crippen molar-refractivity contribution < 1.29 is 9.53 Å². The summed E-state index contributed by atoms with van der Waals surface area (Å²) in [5.41, 5.74) is 4.23. The van der Waals surface area contributed by atoms with E-state index in [1.165, 1.54) is 23.9 Å². The molecule has 0 unspecified atom stereocenters. The van der Waals surface area contributed by atoms with E-state index >= 15 is 0 Å². The molecule has 0 aliphatic carbocycles. The average Bonchev–Trinajstić information content (AvgIpc) is 3.11. The highest BCUT2D eigenvalue weighted by Crippen LogP contribution is 2.20. The Morgan fingerprint density at radius 2 is 1.85 bits per heavy atom. The SMILES string of the molecule is COC(=O)c1cn(CCN2CCN(c3ccc(C)c(C)c3)CC2)nn1.Cl. The Morgan fingerprint density at radius 3 is 2.50 bits per heavy atom. The van der Waals surface area contributed by atoms with E-state index < -0.39 is 5.97 Å². The third kappa shape index (κ3) is 4.74. The number of halogens is 1. The molecule has 142 valence electrons. The Morgan fingerprint density at radius 1 is 1.12 bits per heavy atom. The Bertz CT molecular complexity index is 741. The zero-order valence-electron chi connectivity index (χ0n) is 15.5. The maximum absolute atomic E-state index is 11.4. The van der Waals surface area contributed by atoms with Crippen LogP contribution < -0.4 is 4.90 Å². The van der Waals surface area contributed by atoms with Crippen LogP contribution in [0.4, 0.5) is 5.69 Å². The number of piperazine rings is 1. The van der Waals surface area contributed by atoms with Gasteiger partial charge >= 0.3 is 5.97 Å². The van der Waals surface area contributed by atoms with E-state index in [4.69, 9.17) is 0 Å². The predicted octanol–water partition coefficient (Wildman–Crippen LogP) is 1.93. The molecule has 0 radical (unpaired) electrons. The van der Waals surface area contributed by atoms with Crippen molar-refractivity contribution in [2.45, 2.75) is 20.4 Å². The van der Waals surface area contributed by atoms with Gasteiger partial charge in [-0.25, -0.2) is 4.79 Å². The van der Waals surface area contributed by atoms with E-state index in [2.05, 4.69) is 56.9 Å². The van der Waals surface area contributed by atoms with Crippen molar-refractivity contribution >= 4 is 24.1 Å². The van der Waals surface area contributed by atoms with Crippen molar-refractivity contribution in [2.75, 3.05) is 44.7 Å². The fourth-order valence-electron chi connectivity index (χ4n) is 3.00. The van der Waals surface area contributed by atoms with E-state index in [0.717, 1.165) is 32.7 Å². The molecular formula is C18H26ClN5O2. The molecule has 3 rings (SSSR count). The Kier molecular flexibility index (Phi) is 6.99. The number of methoxy groups -OCH3 is 1. The van der Waals surface area contributed by atoms with Gasteiger partial charge in [0.2, 0.25) is 0 Å². The largest absolute Gasteiger partial charge is 0.464 e. The summed E-state index contributed by atoms with van der Waals surface area (Å²) in [6.45, 7) is 10.00. The number of rotatable bonds is 5. The minimum atomic E-state index is -0.451. The molecule has 0 bridgehead atoms. The highest BCUT2D eigenvalue weighted by Gasteiger charge is 2.18. The topological polar surface area (TPSA) is 63.5 Å². The lowest BCUT2D eigenvalue weighted by Crippen LogP contribution is -2.47. The molecule has 0 N–H and O–H groups in total. The number of anilines is 1. The summed E-state index contributed by atoms with van der Waals surface area (Å²) >= 11 is 0. The van der Waals surface area contributed by atoms with Crippen LogP contribution in [0.1, 0.15) is 21.6 Å². The Labute approximate surface area is 160 Å². The molecule has 7 nitrogen and oxygen atoms in total. The van der Waals surface area contributed by atoms with Gasteiger partial charge < -0.3 is 9.64 Å². The van der Waals surface area contributed by atoms with Gasteiger partial charge in [0.1, 0.15) is 0 Å². The number of esters is 1. The second-order valence-corrected chi connectivity index (χ2v) is 6.46. The van der Waals surface area contributed by atoms with E-state index in [9.17, 15) is 4.79 Å². The van der Waals surface area contributed by atoms with Gasteiger partial charge in [-0.05, 0) is 37.1 Å². The normalized spacial score (nSPS) is 14.8. The van der Waals surface area contributed by atoms with Crippen LogP contribution in [0, 0.1) is 13.8 Å². The maximum atomic E-state index is 11.4. The van der Waals surface area contributed by atoms with E-state index in [0.29, 0.717) is 6.54 Å². The standard InChI is InChI=1S/C18H25N5O2.ClH/c1-14-4-5-16(12-15(14)2)22-9-6-21(7-10-22)8-11-23-13-17(19-20-23)18(24)25-3;/h4-5,12-13H,6-11H2,1-3H3;1H. The number of hydrogen-bond donors (Lipinski definition) is 0. The highest BCUT2D eigenvalue weighted by molar-refractivity contribution is 5.86. The van der Waals surface area contributed by atoms with Gasteiger partial charge in [-0.3, -0.25) is 9.58 Å². The summed E-state index contributed by atoms with van der Waals surface area (Å²) < 4.78 is 6.34. The minimum Gasteiger partial charge on any atom is -0.464 e. The van der Waals surface area contributed by atoms with Gasteiger partial charge in [-0.1, -0.05) is 11.3 Å². The number of ether oxygens (including phenoxy) is 1. The molecule has 1 saturated heterocycles. The highest BCUT2D eigenvalue weighted by atomic mass is 35.5. The third-order valence-corrected chi connectivity index (χ3v) is 4.81. The summed E-state index contributed by atoms with van der Waals surface area (Å²) in [4.78, 5) is 16.2. The zero-order valence-corrected chi connectivity index (χ0v) is 16.3. The molecule has 0 atom stereocenters. The zero-order chi connectivity index (χ0) is 17.8. The van der Waals surface area contributed by atoms with Crippen LogP contribution >= 0.6 is 12.4 Å². The first-order valence-corrected chi connectivity index (χ1v) is 8.60. The van der Waals surface area contributed by atoms with Gasteiger partial charge in [-0.2, -0.15) is 0 Å². The second kappa shape index (κ2) is 9.00. The molecule has 0 amide bonds. The van der Waals surface area contributed by atoms with Crippen LogP contribution in [-0.4, -0.2) is 65.7 Å². The van der Waals surface area contributed by atoms with Crippen LogP contribution in [0.5, 0.6) is 0 Å². The van der Waals surface area contributed by atoms with Gasteiger partial charge in [0.15, 0.2) is 5.69 Å². The monoisotopic (exact) mass is 379 g/mol. The smallest absolute Gasteiger partial charge is 0.360 e. The average molecular weight is 380 g/mol. The van der Waals surface area contributed by atoms with Crippen molar-refractivity contribution in [3.8, 4) is 0 Å². The minimum absolute atomic E-state index is 0. The van der Waals surface area contributed by atoms with Crippen LogP contribution in [0.15, 0.2) is 24.4 Å². The lowest BCUT2D eigenvalue weighted by atomic mass is 10.1. The first kappa shape index (κ1) is 20.2. The first-order valence-electron chi connectivity index (χ1n) is 8.60. The van der Waals surface area contributed by atoms with Crippen LogP contribution in [0.2, 0.25) is 0 Å². The quantitative estimate of drug-likeness (QED) is 0.740. The molecule has 1 aromatic carbocycles. The Balaban J connectivity index is 0.00000243. The summed E-state index contributed by atoms with van der Waals surface area (Å²) in [6.07, 6.45) is 1.64. The van der Waals surface area contributed by atoms with Crippen LogP contribution in [0.3, 0.4) is 0 Å². The van der Waals surface area contributed by atoms with Gasteiger partial charge in [0.05, 0.1) is 19.9 Å². The summed E-state index contributed by atoms with van der Waals surface area (Å²) in [5, 5.41) is 7.81. The molecule has 1 aliphatic heterocycles. The Hall–Kier alpha value is -2.12. The first-order chi connectivity index (χ1) is 12.1. The number of nitrogens with zero attached hydrogens (tertiary/aromatic N) is 5. The van der Waals surface area contributed by atoms with Gasteiger partial charge in [0.25, 0.3) is 0 Å². The van der Waals surface area contributed by atoms with Gasteiger partial charge in [0, 0.05) is 38.4 Å². The molecule has 1 aromatic heterocycles. The molecule has 1 aliphatic rings. The van der Waals surface area contributed by atoms with Crippen LogP contribution in [0.25, 0.3) is 0 Å². The summed E-state index contributed by atoms with van der Waals surface area (Å²) in [7, 11) is 1.34. The molecule has 0 spiro atoms. The fraction of sp³-hybridized carbons (Fsp3) is 0.500. The number of aromatic nitrogens is 3. The van der Waals surface area contributed by atoms with Crippen molar-refractivity contribution in [3.05, 3.63) is 41.2 Å². The molecule has 2 aromatic rings. The number of benzene rings is 1. The molecule has 8 heteroatoms. The molecule has 1 fully saturated rings. The summed E-state index contributed by atoms with van der Waals surface area (Å²) in [5.74, 6) is -0.451. The summed E-state index contributed by atoms with van der Waals surface area (Å²) in [6, 6.07) is 6.68. The number of carbonyl (C=O) groups is 1. The second-order valence-electron chi connectivity index (χ2n) is 6.46. The number of aryl methyl sites for hydroxylation is 2. The lowest BCUT2D eigenvalue weighted by Gasteiger charge is -2.36. The van der Waals surface area contributed by atoms with E-state index in [1.54, 1.807) is 10.9 Å². The fourth-order valence-corrected chi connectivity index (χ4v) is 3.00. The number of carbonyl (C=O) groups excluding carboxylic acids is 1. The van der Waals surface area contributed by atoms with Crippen molar-refractivity contribution in [2.24, 2.45) is 0 Å². The predicted molar refractivity (Wildman–Crippen MR) is 103 cm³/mol. The lowest BCUT2D eigenvalue weighted by molar-refractivity contribution is 0.0594. The maximum Gasteiger partial charge on any atom is 0.360 e. The van der Waals surface area contributed by atoms with Crippen LogP contribution in [-0.2, 0) is 11.3 Å². The number of hydrogen-bond acceptors (Lipinski definition) is 6. The van der Waals surface area contributed by atoms with Crippen molar-refractivity contribution in [1.29, 1.82) is 0 Å². The molecule has 26 heavy (non-hydrogen) atoms. The van der Waals surface area contributed by atoms with Crippen molar-refractivity contribution in [3.63, 3.8) is 0 Å². The van der Waals surface area contributed by atoms with Gasteiger partial charge in [-0.15, -0.1) is 17.5 Å². The third-order valence-electron chi connectivity index (χ3n) is 4.81. The molecule has 0 saturated carbocycles. The molecule has 2 heterocycles.